The Morgan fingerprint density at radius 1 is 1.21 bits per heavy atom. The molecule has 1 amide bonds. The first-order valence-electron chi connectivity index (χ1n) is 10.6. The Labute approximate surface area is 172 Å². The van der Waals surface area contributed by atoms with E-state index in [0.29, 0.717) is 23.8 Å². The average Bonchev–Trinajstić information content (AvgIpc) is 3.16. The van der Waals surface area contributed by atoms with E-state index in [1.165, 1.54) is 37.7 Å². The first-order chi connectivity index (χ1) is 14.1. The third-order valence-electron chi connectivity index (χ3n) is 5.89. The summed E-state index contributed by atoms with van der Waals surface area (Å²) >= 11 is 0. The fourth-order valence-corrected chi connectivity index (χ4v) is 4.21. The van der Waals surface area contributed by atoms with Crippen molar-refractivity contribution in [3.63, 3.8) is 0 Å². The van der Waals surface area contributed by atoms with Crippen molar-refractivity contribution in [1.29, 1.82) is 0 Å². The van der Waals surface area contributed by atoms with Gasteiger partial charge in [0.2, 0.25) is 5.91 Å². The number of aryl methyl sites for hydroxylation is 1. The molecule has 0 saturated heterocycles. The number of pyridine rings is 1. The summed E-state index contributed by atoms with van der Waals surface area (Å²) in [6.07, 6.45) is 12.0. The van der Waals surface area contributed by atoms with E-state index in [1.54, 1.807) is 7.11 Å². The van der Waals surface area contributed by atoms with Crippen LogP contribution in [0, 0.1) is 12.8 Å². The second-order valence-electron chi connectivity index (χ2n) is 8.10. The summed E-state index contributed by atoms with van der Waals surface area (Å²) in [6.45, 7) is 2.06. The number of benzene rings is 1. The maximum absolute atomic E-state index is 12.6. The molecule has 2 aromatic heterocycles. The van der Waals surface area contributed by atoms with Crippen LogP contribution >= 0.6 is 0 Å². The minimum Gasteiger partial charge on any atom is -0.495 e. The number of anilines is 1. The number of fused-ring (bicyclic) bond motifs is 1. The molecule has 0 atom stereocenters. The summed E-state index contributed by atoms with van der Waals surface area (Å²) < 4.78 is 7.47. The fourth-order valence-electron chi connectivity index (χ4n) is 4.21. The summed E-state index contributed by atoms with van der Waals surface area (Å²) in [4.78, 5) is 17.3. The monoisotopic (exact) mass is 391 g/mol. The number of nitrogens with one attached hydrogen (secondary N) is 1. The molecule has 152 valence electrons. The Bertz CT molecular complexity index is 1000. The molecule has 1 N–H and O–H groups in total. The van der Waals surface area contributed by atoms with Crippen molar-refractivity contribution in [3.8, 4) is 17.0 Å². The third kappa shape index (κ3) is 4.61. The SMILES string of the molecule is COc1ccc(-c2cn3ccc(C)cc3n2)cc1NC(=O)CCC1CCCCC1. The molecule has 1 fully saturated rings. The highest BCUT2D eigenvalue weighted by atomic mass is 16.5. The molecule has 1 aliphatic carbocycles. The van der Waals surface area contributed by atoms with Crippen molar-refractivity contribution >= 4 is 17.2 Å². The van der Waals surface area contributed by atoms with Crippen molar-refractivity contribution in [3.05, 3.63) is 48.3 Å². The van der Waals surface area contributed by atoms with Gasteiger partial charge in [-0.3, -0.25) is 4.79 Å². The molecule has 4 rings (SSSR count). The molecule has 5 nitrogen and oxygen atoms in total. The van der Waals surface area contributed by atoms with E-state index in [0.717, 1.165) is 23.3 Å². The molecule has 2 heterocycles. The average molecular weight is 392 g/mol. The second kappa shape index (κ2) is 8.68. The number of carbonyl (C=O) groups excluding carboxylic acids is 1. The van der Waals surface area contributed by atoms with E-state index < -0.39 is 0 Å². The van der Waals surface area contributed by atoms with E-state index in [9.17, 15) is 4.79 Å². The highest BCUT2D eigenvalue weighted by molar-refractivity contribution is 5.93. The largest absolute Gasteiger partial charge is 0.495 e. The van der Waals surface area contributed by atoms with Gasteiger partial charge in [-0.15, -0.1) is 0 Å². The van der Waals surface area contributed by atoms with E-state index in [1.807, 2.05) is 35.0 Å². The Balaban J connectivity index is 1.50. The van der Waals surface area contributed by atoms with Gasteiger partial charge < -0.3 is 14.5 Å². The number of rotatable bonds is 6. The van der Waals surface area contributed by atoms with Crippen LogP contribution < -0.4 is 10.1 Å². The number of hydrogen-bond acceptors (Lipinski definition) is 3. The van der Waals surface area contributed by atoms with Crippen molar-refractivity contribution in [2.45, 2.75) is 51.9 Å². The lowest BCUT2D eigenvalue weighted by Crippen LogP contribution is -2.15. The van der Waals surface area contributed by atoms with Crippen molar-refractivity contribution in [1.82, 2.24) is 9.38 Å². The van der Waals surface area contributed by atoms with Gasteiger partial charge in [-0.2, -0.15) is 0 Å². The number of carbonyl (C=O) groups is 1. The zero-order valence-electron chi connectivity index (χ0n) is 17.3. The molecule has 5 heteroatoms. The van der Waals surface area contributed by atoms with Gasteiger partial charge >= 0.3 is 0 Å². The lowest BCUT2D eigenvalue weighted by molar-refractivity contribution is -0.116. The number of methoxy groups -OCH3 is 1. The van der Waals surface area contributed by atoms with Gasteiger partial charge in [-0.05, 0) is 55.2 Å². The van der Waals surface area contributed by atoms with E-state index in [-0.39, 0.29) is 5.91 Å². The van der Waals surface area contributed by atoms with Crippen LogP contribution in [-0.2, 0) is 4.79 Å². The van der Waals surface area contributed by atoms with E-state index in [4.69, 9.17) is 9.72 Å². The summed E-state index contributed by atoms with van der Waals surface area (Å²) in [7, 11) is 1.63. The van der Waals surface area contributed by atoms with Crippen molar-refractivity contribution in [2.24, 2.45) is 5.92 Å². The third-order valence-corrected chi connectivity index (χ3v) is 5.89. The van der Waals surface area contributed by atoms with Gasteiger partial charge in [0.15, 0.2) is 0 Å². The van der Waals surface area contributed by atoms with E-state index >= 15 is 0 Å². The smallest absolute Gasteiger partial charge is 0.224 e. The molecule has 0 unspecified atom stereocenters. The predicted molar refractivity (Wildman–Crippen MR) is 116 cm³/mol. The maximum Gasteiger partial charge on any atom is 0.224 e. The standard InChI is InChI=1S/C24H29N3O2/c1-17-12-13-27-16-21(25-23(27)14-17)19-9-10-22(29-2)20(15-19)26-24(28)11-8-18-6-4-3-5-7-18/h9-10,12-16,18H,3-8,11H2,1-2H3,(H,26,28). The van der Waals surface area contributed by atoms with Crippen molar-refractivity contribution in [2.75, 3.05) is 12.4 Å². The molecule has 0 bridgehead atoms. The molecule has 0 radical (unpaired) electrons. The number of nitrogens with zero attached hydrogens (tertiary/aromatic N) is 2. The number of amides is 1. The summed E-state index contributed by atoms with van der Waals surface area (Å²) in [5.41, 5.74) is 4.61. The second-order valence-corrected chi connectivity index (χ2v) is 8.10. The molecule has 1 aliphatic rings. The first kappa shape index (κ1) is 19.5. The fraction of sp³-hybridized carbons (Fsp3) is 0.417. The number of aromatic nitrogens is 2. The molecule has 0 spiro atoms. The number of imidazole rings is 1. The van der Waals surface area contributed by atoms with Crippen LogP contribution in [0.3, 0.4) is 0 Å². The lowest BCUT2D eigenvalue weighted by atomic mass is 9.86. The van der Waals surface area contributed by atoms with E-state index in [2.05, 4.69) is 24.4 Å². The summed E-state index contributed by atoms with van der Waals surface area (Å²) in [6, 6.07) is 9.93. The highest BCUT2D eigenvalue weighted by Crippen LogP contribution is 2.31. The maximum atomic E-state index is 12.6. The zero-order valence-corrected chi connectivity index (χ0v) is 17.3. The minimum atomic E-state index is 0.0525. The Morgan fingerprint density at radius 2 is 2.03 bits per heavy atom. The van der Waals surface area contributed by atoms with Gasteiger partial charge in [-0.1, -0.05) is 32.1 Å². The Morgan fingerprint density at radius 3 is 2.83 bits per heavy atom. The van der Waals surface area contributed by atoms with Crippen LogP contribution in [0.1, 0.15) is 50.5 Å². The van der Waals surface area contributed by atoms with Crippen LogP contribution in [0.15, 0.2) is 42.7 Å². The van der Waals surface area contributed by atoms with Gasteiger partial charge in [0.05, 0.1) is 18.5 Å². The van der Waals surface area contributed by atoms with Gasteiger partial charge in [0.25, 0.3) is 0 Å². The van der Waals surface area contributed by atoms with Gasteiger partial charge in [0, 0.05) is 24.4 Å². The lowest BCUT2D eigenvalue weighted by Gasteiger charge is -2.21. The molecule has 0 aliphatic heterocycles. The van der Waals surface area contributed by atoms with Crippen LogP contribution in [0.25, 0.3) is 16.9 Å². The first-order valence-corrected chi connectivity index (χ1v) is 10.6. The molecule has 1 saturated carbocycles. The van der Waals surface area contributed by atoms with Crippen molar-refractivity contribution < 1.29 is 9.53 Å². The zero-order chi connectivity index (χ0) is 20.2. The molecular formula is C24H29N3O2. The van der Waals surface area contributed by atoms with Crippen LogP contribution in [0.4, 0.5) is 5.69 Å². The Kier molecular flexibility index (Phi) is 5.84. The molecular weight excluding hydrogens is 362 g/mol. The number of hydrogen-bond donors (Lipinski definition) is 1. The predicted octanol–water partition coefficient (Wildman–Crippen LogP) is 5.62. The summed E-state index contributed by atoms with van der Waals surface area (Å²) in [5.74, 6) is 1.42. The van der Waals surface area contributed by atoms with Crippen LogP contribution in [0.5, 0.6) is 5.75 Å². The highest BCUT2D eigenvalue weighted by Gasteiger charge is 2.16. The minimum absolute atomic E-state index is 0.0525. The molecule has 3 aromatic rings. The number of ether oxygens (including phenoxy) is 1. The van der Waals surface area contributed by atoms with Crippen LogP contribution in [-0.4, -0.2) is 22.4 Å². The molecule has 1 aromatic carbocycles. The Hall–Kier alpha value is -2.82. The summed E-state index contributed by atoms with van der Waals surface area (Å²) in [5, 5.41) is 3.06. The quantitative estimate of drug-likeness (QED) is 0.593. The van der Waals surface area contributed by atoms with Gasteiger partial charge in [0.1, 0.15) is 11.4 Å². The topological polar surface area (TPSA) is 55.6 Å². The van der Waals surface area contributed by atoms with Gasteiger partial charge in [-0.25, -0.2) is 4.98 Å². The van der Waals surface area contributed by atoms with Crippen LogP contribution in [0.2, 0.25) is 0 Å². The molecule has 29 heavy (non-hydrogen) atoms. The normalized spacial score (nSPS) is 14.8.